The number of fused-ring (bicyclic) bond motifs is 1. The van der Waals surface area contributed by atoms with Gasteiger partial charge >= 0.3 is 0 Å². The molecule has 8 heteroatoms. The molecule has 0 aromatic heterocycles. The second-order valence-corrected chi connectivity index (χ2v) is 6.95. The van der Waals surface area contributed by atoms with Crippen molar-refractivity contribution in [3.8, 4) is 0 Å². The Labute approximate surface area is 195 Å². The molecule has 0 spiro atoms. The number of hydrogen-bond donors (Lipinski definition) is 2. The van der Waals surface area contributed by atoms with Crippen LogP contribution in [0.15, 0.2) is 48.5 Å². The summed E-state index contributed by atoms with van der Waals surface area (Å²) in [5.74, 6) is -0.846. The van der Waals surface area contributed by atoms with Crippen molar-refractivity contribution in [2.45, 2.75) is 33.8 Å². The van der Waals surface area contributed by atoms with Crippen molar-refractivity contribution in [2.75, 3.05) is 43.1 Å². The Morgan fingerprint density at radius 1 is 0.939 bits per heavy atom. The first-order valence-corrected chi connectivity index (χ1v) is 11.4. The van der Waals surface area contributed by atoms with Gasteiger partial charge in [-0.15, -0.1) is 0 Å². The van der Waals surface area contributed by atoms with E-state index in [-0.39, 0.29) is 37.4 Å². The summed E-state index contributed by atoms with van der Waals surface area (Å²) < 4.78 is 5.13. The minimum Gasteiger partial charge on any atom is -0.389 e. The Morgan fingerprint density at radius 3 is 2.06 bits per heavy atom. The average Bonchev–Trinajstić information content (AvgIpc) is 3.11. The molecule has 33 heavy (non-hydrogen) atoms. The lowest BCUT2D eigenvalue weighted by molar-refractivity contribution is -0.125. The summed E-state index contributed by atoms with van der Waals surface area (Å²) in [7, 11) is 0. The molecule has 1 saturated heterocycles. The van der Waals surface area contributed by atoms with Gasteiger partial charge in [0, 0.05) is 24.5 Å². The number of benzene rings is 2. The van der Waals surface area contributed by atoms with Gasteiger partial charge in [-0.3, -0.25) is 19.3 Å². The largest absolute Gasteiger partial charge is 0.389 e. The van der Waals surface area contributed by atoms with Gasteiger partial charge in [-0.2, -0.15) is 0 Å². The fourth-order valence-corrected chi connectivity index (χ4v) is 3.47. The van der Waals surface area contributed by atoms with E-state index in [1.807, 2.05) is 52.0 Å². The number of carbonyl (C=O) groups is 3. The van der Waals surface area contributed by atoms with E-state index in [4.69, 9.17) is 4.74 Å². The SMILES string of the molecule is CC.CC.O=C1c2ccccc2C(=O)N1CC(O)CNc1ccc(N2CCOCC2=O)cc1. The number of ether oxygens (including phenoxy) is 1. The number of imide groups is 1. The second-order valence-electron chi connectivity index (χ2n) is 6.95. The van der Waals surface area contributed by atoms with Crippen LogP contribution in [0.3, 0.4) is 0 Å². The lowest BCUT2D eigenvalue weighted by atomic mass is 10.1. The molecule has 2 N–H and O–H groups in total. The Kier molecular flexibility index (Phi) is 10.0. The first-order chi connectivity index (χ1) is 16.0. The highest BCUT2D eigenvalue weighted by molar-refractivity contribution is 6.21. The van der Waals surface area contributed by atoms with E-state index < -0.39 is 6.10 Å². The van der Waals surface area contributed by atoms with E-state index in [1.54, 1.807) is 29.2 Å². The van der Waals surface area contributed by atoms with Crippen LogP contribution in [-0.4, -0.2) is 66.7 Å². The van der Waals surface area contributed by atoms with Crippen LogP contribution in [0.4, 0.5) is 11.4 Å². The van der Waals surface area contributed by atoms with Crippen molar-refractivity contribution in [1.29, 1.82) is 0 Å². The Bertz CT molecular complexity index is 910. The number of carbonyl (C=O) groups excluding carboxylic acids is 3. The number of aliphatic hydroxyl groups excluding tert-OH is 1. The van der Waals surface area contributed by atoms with E-state index in [1.165, 1.54) is 0 Å². The third-order valence-corrected chi connectivity index (χ3v) is 4.98. The summed E-state index contributed by atoms with van der Waals surface area (Å²) in [5.41, 5.74) is 2.28. The number of amides is 3. The molecule has 2 heterocycles. The number of morpholine rings is 1. The van der Waals surface area contributed by atoms with E-state index in [2.05, 4.69) is 5.32 Å². The monoisotopic (exact) mass is 455 g/mol. The van der Waals surface area contributed by atoms with Crippen molar-refractivity contribution < 1.29 is 24.2 Å². The summed E-state index contributed by atoms with van der Waals surface area (Å²) in [6.45, 7) is 9.20. The quantitative estimate of drug-likeness (QED) is 0.649. The van der Waals surface area contributed by atoms with Crippen LogP contribution in [0.2, 0.25) is 0 Å². The Balaban J connectivity index is 0.000000914. The smallest absolute Gasteiger partial charge is 0.261 e. The maximum absolute atomic E-state index is 12.4. The molecule has 0 aliphatic carbocycles. The topological polar surface area (TPSA) is 99.2 Å². The van der Waals surface area contributed by atoms with Gasteiger partial charge in [0.25, 0.3) is 17.7 Å². The van der Waals surface area contributed by atoms with Crippen molar-refractivity contribution in [3.63, 3.8) is 0 Å². The lowest BCUT2D eigenvalue weighted by Gasteiger charge is -2.27. The zero-order valence-electron chi connectivity index (χ0n) is 19.7. The zero-order valence-corrected chi connectivity index (χ0v) is 19.7. The van der Waals surface area contributed by atoms with Gasteiger partial charge in [0.1, 0.15) is 6.61 Å². The number of hydrogen-bond acceptors (Lipinski definition) is 6. The summed E-state index contributed by atoms with van der Waals surface area (Å²) in [6, 6.07) is 13.9. The summed E-state index contributed by atoms with van der Waals surface area (Å²) in [5, 5.41) is 13.4. The van der Waals surface area contributed by atoms with Gasteiger partial charge in [-0.25, -0.2) is 0 Å². The van der Waals surface area contributed by atoms with E-state index in [0.717, 1.165) is 16.3 Å². The highest BCUT2D eigenvalue weighted by Crippen LogP contribution is 2.23. The predicted molar refractivity (Wildman–Crippen MR) is 129 cm³/mol. The van der Waals surface area contributed by atoms with Crippen LogP contribution in [0.25, 0.3) is 0 Å². The maximum Gasteiger partial charge on any atom is 0.261 e. The maximum atomic E-state index is 12.4. The first-order valence-electron chi connectivity index (χ1n) is 11.4. The van der Waals surface area contributed by atoms with E-state index in [9.17, 15) is 19.5 Å². The molecule has 1 atom stereocenters. The van der Waals surface area contributed by atoms with Gasteiger partial charge in [0.2, 0.25) is 0 Å². The highest BCUT2D eigenvalue weighted by atomic mass is 16.5. The molecule has 2 aromatic carbocycles. The summed E-state index contributed by atoms with van der Waals surface area (Å²) in [4.78, 5) is 39.4. The predicted octanol–water partition coefficient (Wildman–Crippen LogP) is 3.17. The molecule has 0 saturated carbocycles. The van der Waals surface area contributed by atoms with Crippen LogP contribution < -0.4 is 10.2 Å². The molecule has 1 fully saturated rings. The van der Waals surface area contributed by atoms with Gasteiger partial charge < -0.3 is 20.1 Å². The van der Waals surface area contributed by atoms with Gasteiger partial charge in [-0.1, -0.05) is 39.8 Å². The lowest BCUT2D eigenvalue weighted by Crippen LogP contribution is -2.41. The van der Waals surface area contributed by atoms with E-state index in [0.29, 0.717) is 24.3 Å². The van der Waals surface area contributed by atoms with Crippen LogP contribution in [0.1, 0.15) is 48.4 Å². The molecule has 0 bridgehead atoms. The highest BCUT2D eigenvalue weighted by Gasteiger charge is 2.36. The number of nitrogens with zero attached hydrogens (tertiary/aromatic N) is 2. The van der Waals surface area contributed by atoms with Crippen LogP contribution in [0.5, 0.6) is 0 Å². The zero-order chi connectivity index (χ0) is 24.4. The number of aliphatic hydroxyl groups is 1. The number of anilines is 2. The Morgan fingerprint density at radius 2 is 1.52 bits per heavy atom. The molecular weight excluding hydrogens is 422 g/mol. The molecule has 2 aliphatic heterocycles. The third-order valence-electron chi connectivity index (χ3n) is 4.98. The molecule has 4 rings (SSSR count). The third kappa shape index (κ3) is 6.18. The molecule has 0 radical (unpaired) electrons. The minimum atomic E-state index is -0.919. The molecule has 8 nitrogen and oxygen atoms in total. The van der Waals surface area contributed by atoms with Gasteiger partial charge in [0.05, 0.1) is 30.4 Å². The standard InChI is InChI=1S/C21H21N3O5.2C2H6/c25-16(12-24-20(27)17-3-1-2-4-18(17)21(24)28)11-22-14-5-7-15(8-6-14)23-9-10-29-13-19(23)26;2*1-2/h1-8,16,22,25H,9-13H2;2*1-2H3. The first kappa shape index (κ1) is 26.0. The van der Waals surface area contributed by atoms with Crippen molar-refractivity contribution in [3.05, 3.63) is 59.7 Å². The van der Waals surface area contributed by atoms with Crippen LogP contribution in [-0.2, 0) is 9.53 Å². The molecule has 2 aliphatic rings. The van der Waals surface area contributed by atoms with Gasteiger partial charge in [0.15, 0.2) is 0 Å². The van der Waals surface area contributed by atoms with Crippen LogP contribution >= 0.6 is 0 Å². The molecule has 2 aromatic rings. The normalized spacial score (nSPS) is 15.7. The average molecular weight is 456 g/mol. The number of rotatable bonds is 6. The fraction of sp³-hybridized carbons (Fsp3) is 0.400. The second kappa shape index (κ2) is 12.7. The minimum absolute atomic E-state index is 0.0756. The number of β-amino-alcohol motifs (C(OH)–C–C–N with tert-alkyl or cyclic N) is 1. The Hall–Kier alpha value is -3.23. The molecule has 178 valence electrons. The molecule has 1 unspecified atom stereocenters. The number of nitrogens with one attached hydrogen (secondary N) is 1. The fourth-order valence-electron chi connectivity index (χ4n) is 3.47. The molecule has 3 amide bonds. The summed E-state index contributed by atoms with van der Waals surface area (Å²) >= 11 is 0. The van der Waals surface area contributed by atoms with Crippen molar-refractivity contribution in [1.82, 2.24) is 4.90 Å². The van der Waals surface area contributed by atoms with Crippen molar-refractivity contribution in [2.24, 2.45) is 0 Å². The van der Waals surface area contributed by atoms with E-state index >= 15 is 0 Å². The van der Waals surface area contributed by atoms with Crippen LogP contribution in [0, 0.1) is 0 Å². The van der Waals surface area contributed by atoms with Crippen molar-refractivity contribution >= 4 is 29.1 Å². The van der Waals surface area contributed by atoms with Gasteiger partial charge in [-0.05, 0) is 36.4 Å². The molecular formula is C25H33N3O5. The summed E-state index contributed by atoms with van der Waals surface area (Å²) in [6.07, 6.45) is -0.919.